The lowest BCUT2D eigenvalue weighted by Gasteiger charge is -2.31. The Balaban J connectivity index is 1.47. The van der Waals surface area contributed by atoms with Crippen LogP contribution in [-0.4, -0.2) is 302 Å². The molecule has 2 aromatic heterocycles. The number of rotatable bonds is 18. The third-order valence-electron chi connectivity index (χ3n) is 18.6. The molecule has 0 aliphatic carbocycles. The van der Waals surface area contributed by atoms with E-state index in [1.807, 2.05) is 0 Å². The van der Waals surface area contributed by atoms with Crippen LogP contribution in [0, 0.1) is 11.8 Å². The topological polar surface area (TPSA) is 678 Å². The zero-order chi connectivity index (χ0) is 84.2. The maximum atomic E-state index is 14.9. The lowest BCUT2D eigenvalue weighted by molar-refractivity contribution is -0.144. The molecule has 0 radical (unpaired) electrons. The first-order chi connectivity index (χ1) is 54.0. The van der Waals surface area contributed by atoms with Crippen LogP contribution < -0.4 is 80.6 Å². The number of fused-ring (bicyclic) bond motifs is 10. The number of primary amides is 1. The molecule has 48 heteroatoms. The van der Waals surface area contributed by atoms with Gasteiger partial charge in [-0.1, -0.05) is 77.3 Å². The van der Waals surface area contributed by atoms with Crippen LogP contribution >= 0.6 is 43.2 Å². The molecule has 0 aromatic carbocycles. The van der Waals surface area contributed by atoms with Crippen molar-refractivity contribution in [3.8, 4) is 0 Å². The number of nitrogens with one attached hydrogen (secondary N) is 15. The molecule has 0 spiro atoms. The third kappa shape index (κ3) is 27.8. The number of hydrogen-bond donors (Lipinski definition) is 21. The molecule has 114 heavy (non-hydrogen) atoms. The van der Waals surface area contributed by atoms with Gasteiger partial charge in [0.1, 0.15) is 90.6 Å². The van der Waals surface area contributed by atoms with Crippen molar-refractivity contribution in [3.63, 3.8) is 0 Å². The number of carbonyl (C=O) groups excluding carboxylic acids is 16. The molecule has 4 aliphatic rings. The molecular weight excluding hydrogens is 1580 g/mol. The number of carbonyl (C=O) groups is 19. The number of aliphatic hydroxyl groups is 1. The summed E-state index contributed by atoms with van der Waals surface area (Å²) in [6, 6.07) is -25.7. The van der Waals surface area contributed by atoms with E-state index in [4.69, 9.17) is 11.5 Å². The van der Waals surface area contributed by atoms with Crippen LogP contribution in [0.15, 0.2) is 25.0 Å². The van der Waals surface area contributed by atoms with Gasteiger partial charge in [-0.05, 0) is 50.9 Å². The molecule has 44 nitrogen and oxygen atoms in total. The van der Waals surface area contributed by atoms with Crippen molar-refractivity contribution in [2.75, 3.05) is 49.3 Å². The maximum absolute atomic E-state index is 14.9. The van der Waals surface area contributed by atoms with Gasteiger partial charge in [-0.3, -0.25) is 91.1 Å². The first-order valence-electron chi connectivity index (χ1n) is 36.3. The molecule has 4 saturated heterocycles. The van der Waals surface area contributed by atoms with Crippen LogP contribution in [-0.2, 0) is 104 Å². The van der Waals surface area contributed by atoms with Crippen LogP contribution in [0.1, 0.15) is 104 Å². The van der Waals surface area contributed by atoms with Gasteiger partial charge in [0.2, 0.25) is 94.5 Å². The SMILES string of the molecule is CC[C@H](C)[C@@H]1NC(=O)[C@H](CCC(=O)O)NC(=O)[C@@H]2CCCN2C(=O)[C@H](Cc2cnc[nH]2)NC(=O)[C@H](CC(=O)O)NC(=O)[C@H](C(C)C)NC(=O)[C@H](CC(=O)O)NC(=O)[C@@H]2CSSC[C@H](NC(=O)CN)C(=O)N[C@@H](CSSC[C@@H](C(N)=O)NC1=O)C(=O)N[C@@H](CO)C(=O)N[C@@H](Cc1cnc[nH]1)C(=O)N1CCC[C@H]1C(=O)N[C@@H](C)C(=O)N2. The van der Waals surface area contributed by atoms with E-state index in [2.05, 4.69) is 89.1 Å². The number of aromatic amines is 2. The van der Waals surface area contributed by atoms with Crippen molar-refractivity contribution in [1.29, 1.82) is 0 Å². The minimum absolute atomic E-state index is 0.0129. The normalized spacial score (nSPS) is 27.9. The van der Waals surface area contributed by atoms with Gasteiger partial charge in [-0.2, -0.15) is 0 Å². The second-order valence-corrected chi connectivity index (χ2v) is 32.6. The molecule has 0 saturated carbocycles. The van der Waals surface area contributed by atoms with E-state index in [1.54, 1.807) is 6.92 Å². The molecule has 16 atom stereocenters. The van der Waals surface area contributed by atoms with Crippen LogP contribution in [0.3, 0.4) is 0 Å². The summed E-state index contributed by atoms with van der Waals surface area (Å²) in [6.45, 7) is 5.05. The molecule has 16 amide bonds. The molecule has 0 unspecified atom stereocenters. The van der Waals surface area contributed by atoms with E-state index in [1.165, 1.54) is 52.7 Å². The fraction of sp³-hybridized carbons (Fsp3) is 0.621. The van der Waals surface area contributed by atoms with Crippen molar-refractivity contribution < 1.29 is 112 Å². The Labute approximate surface area is 667 Å². The summed E-state index contributed by atoms with van der Waals surface area (Å²) in [5.41, 5.74) is 12.0. The second-order valence-electron chi connectivity index (χ2n) is 27.5. The number of carboxylic acids is 3. The van der Waals surface area contributed by atoms with Gasteiger partial charge in [-0.15, -0.1) is 0 Å². The van der Waals surface area contributed by atoms with Crippen LogP contribution in [0.5, 0.6) is 0 Å². The molecule has 6 rings (SSSR count). The monoisotopic (exact) mass is 1680 g/mol. The smallest absolute Gasteiger partial charge is 0.305 e. The minimum Gasteiger partial charge on any atom is -0.481 e. The quantitative estimate of drug-likeness (QED) is 0.0617. The van der Waals surface area contributed by atoms with Gasteiger partial charge >= 0.3 is 17.9 Å². The standard InChI is InChI=1S/C66H97N21O23S4/c1-6-30(4)51-64(108)81-40(52(68)96)23-111-113-26-43-60(104)80-39(22-88)57(101)79-38(16-33-21-70-28-72-33)66(110)86-13-7-9-44(86)61(105)73-31(5)53(97)82-42(25-114-112-24-41(58(102)83-43)74-46(89)19-67)59(103)76-36(18-49(94)95)56(100)84-50(29(2)3)63(107)77-35(17-48(92)93)55(99)78-37(15-32-20-69-27-71-32)65(109)87-14-8-10-45(87)62(106)75-34(54(98)85-51)11-12-47(90)91/h20-21,27-31,34-45,50-51,88H,6-19,22-26,67H2,1-5H3,(H2,68,96)(H,69,71)(H,70,72)(H,73,105)(H,74,89)(H,75,106)(H,76,103)(H,77,107)(H,78,99)(H,79,101)(H,80,104)(H,81,108)(H,82,97)(H,83,102)(H,84,100)(H,85,98)(H,90,91)(H,92,93)(H,94,95)/t30-,31-,34-,35-,36-,37-,38-,39-,40-,41-,42-,43-,44-,45-,50-,51-/m0/s1. The number of aromatic nitrogens is 4. The number of carboxylic acid groups (broad SMARTS) is 3. The molecule has 2 bridgehead atoms. The van der Waals surface area contributed by atoms with E-state index in [0.29, 0.717) is 0 Å². The number of imidazole rings is 2. The number of nitrogens with two attached hydrogens (primary N) is 2. The highest BCUT2D eigenvalue weighted by Crippen LogP contribution is 2.27. The largest absolute Gasteiger partial charge is 0.481 e. The summed E-state index contributed by atoms with van der Waals surface area (Å²) in [5, 5.41) is 72.4. The highest BCUT2D eigenvalue weighted by molar-refractivity contribution is 8.77. The van der Waals surface area contributed by atoms with Gasteiger partial charge in [0.05, 0.1) is 38.6 Å². The van der Waals surface area contributed by atoms with E-state index in [-0.39, 0.29) is 63.0 Å². The van der Waals surface area contributed by atoms with Crippen LogP contribution in [0.25, 0.3) is 0 Å². The van der Waals surface area contributed by atoms with Crippen molar-refractivity contribution in [3.05, 3.63) is 36.4 Å². The molecule has 23 N–H and O–H groups in total. The van der Waals surface area contributed by atoms with Crippen molar-refractivity contribution in [1.82, 2.24) is 98.9 Å². The first kappa shape index (κ1) is 92.5. The Kier molecular flexibility index (Phi) is 36.5. The predicted octanol–water partition coefficient (Wildman–Crippen LogP) is -8.04. The Morgan fingerprint density at radius 1 is 0.518 bits per heavy atom. The Hall–Kier alpha value is -10.3. The number of amides is 16. The van der Waals surface area contributed by atoms with E-state index >= 15 is 0 Å². The van der Waals surface area contributed by atoms with E-state index < -0.39 is 283 Å². The molecule has 2 aromatic rings. The average Bonchev–Trinajstić information content (AvgIpc) is 1.79. The summed E-state index contributed by atoms with van der Waals surface area (Å²) < 4.78 is 0. The van der Waals surface area contributed by atoms with Gasteiger partial charge in [0, 0.05) is 79.1 Å². The average molecular weight is 1680 g/mol. The Bertz CT molecular complexity index is 3830. The predicted molar refractivity (Wildman–Crippen MR) is 406 cm³/mol. The molecule has 4 aliphatic heterocycles. The summed E-state index contributed by atoms with van der Waals surface area (Å²) in [4.78, 5) is 282. The Morgan fingerprint density at radius 3 is 1.43 bits per heavy atom. The van der Waals surface area contributed by atoms with Crippen molar-refractivity contribution in [2.24, 2.45) is 23.3 Å². The summed E-state index contributed by atoms with van der Waals surface area (Å²) in [5.74, 6) is -26.3. The lowest BCUT2D eigenvalue weighted by atomic mass is 9.97. The molecular formula is C66H97N21O23S4. The van der Waals surface area contributed by atoms with Gasteiger partial charge in [0.15, 0.2) is 0 Å². The zero-order valence-electron chi connectivity index (χ0n) is 62.7. The maximum Gasteiger partial charge on any atom is 0.305 e. The fourth-order valence-corrected chi connectivity index (χ4v) is 16.8. The number of H-pyrrole nitrogens is 2. The first-order valence-corrected chi connectivity index (χ1v) is 41.3. The number of nitrogens with zero attached hydrogens (tertiary/aromatic N) is 4. The third-order valence-corrected chi connectivity index (χ3v) is 23.5. The fourth-order valence-electron chi connectivity index (χ4n) is 12.2. The van der Waals surface area contributed by atoms with Crippen LogP contribution in [0.4, 0.5) is 0 Å². The van der Waals surface area contributed by atoms with E-state index in [9.17, 15) is 112 Å². The summed E-state index contributed by atoms with van der Waals surface area (Å²) in [6.07, 6.45) is 1.07. The van der Waals surface area contributed by atoms with E-state index in [0.717, 1.165) is 53.0 Å². The molecule has 6 heterocycles. The van der Waals surface area contributed by atoms with Crippen molar-refractivity contribution in [2.45, 2.75) is 196 Å². The zero-order valence-corrected chi connectivity index (χ0v) is 65.9. The van der Waals surface area contributed by atoms with Gasteiger partial charge < -0.3 is 121 Å². The van der Waals surface area contributed by atoms with Crippen LogP contribution in [0.2, 0.25) is 0 Å². The van der Waals surface area contributed by atoms with Gasteiger partial charge in [-0.25, -0.2) is 9.97 Å². The minimum atomic E-state index is -2.14. The second kappa shape index (κ2) is 44.9. The highest BCUT2D eigenvalue weighted by Gasteiger charge is 2.45. The number of hydrogen-bond acceptors (Lipinski definition) is 27. The number of aliphatic carboxylic acids is 3. The summed E-state index contributed by atoms with van der Waals surface area (Å²) >= 11 is 0. The van der Waals surface area contributed by atoms with Gasteiger partial charge in [0.25, 0.3) is 0 Å². The number of aliphatic hydroxyl groups excluding tert-OH is 1. The molecule has 4 fully saturated rings. The highest BCUT2D eigenvalue weighted by atomic mass is 33.1. The lowest BCUT2D eigenvalue weighted by Crippen LogP contribution is -2.62. The van der Waals surface area contributed by atoms with Crippen molar-refractivity contribution >= 4 is 156 Å². The Morgan fingerprint density at radius 2 is 0.956 bits per heavy atom. The summed E-state index contributed by atoms with van der Waals surface area (Å²) in [7, 11) is 3.04. The molecule has 628 valence electrons.